The second-order valence-corrected chi connectivity index (χ2v) is 14.0. The third-order valence-corrected chi connectivity index (χ3v) is 10.2. The van der Waals surface area contributed by atoms with E-state index in [9.17, 15) is 30.0 Å². The Kier molecular flexibility index (Phi) is 7.08. The van der Waals surface area contributed by atoms with Crippen LogP contribution in [0.15, 0.2) is 65.7 Å². The smallest absolute Gasteiger partial charge is 0.250 e. The zero-order valence-electron chi connectivity index (χ0n) is 19.9. The molecule has 0 N–H and O–H groups in total. The lowest BCUT2D eigenvalue weighted by Gasteiger charge is -2.13. The summed E-state index contributed by atoms with van der Waals surface area (Å²) >= 11 is 1.21. The van der Waals surface area contributed by atoms with Crippen molar-refractivity contribution in [2.45, 2.75) is 30.2 Å². The molecular formula is C24H22F3N3O4S3. The van der Waals surface area contributed by atoms with Gasteiger partial charge in [0.1, 0.15) is 5.25 Å². The minimum atomic E-state index is -4.77. The molecule has 0 aliphatic rings. The molecule has 1 atom stereocenters. The number of hydrogen-bond donors (Lipinski definition) is 0. The number of nitrogens with zero attached hydrogens (tertiary/aromatic N) is 3. The third kappa shape index (κ3) is 5.48. The maximum atomic E-state index is 13.8. The van der Waals surface area contributed by atoms with Gasteiger partial charge in [-0.05, 0) is 55.0 Å². The van der Waals surface area contributed by atoms with E-state index in [0.717, 1.165) is 17.1 Å². The van der Waals surface area contributed by atoms with Crippen molar-refractivity contribution in [2.24, 2.45) is 0 Å². The summed E-state index contributed by atoms with van der Waals surface area (Å²) in [6.45, 7) is 2.93. The molecule has 4 rings (SSSR count). The summed E-state index contributed by atoms with van der Waals surface area (Å²) in [5.74, 6) is -0.156. The average Bonchev–Trinajstić information content (AvgIpc) is 3.50. The van der Waals surface area contributed by atoms with Crippen LogP contribution in [-0.4, -0.2) is 43.6 Å². The van der Waals surface area contributed by atoms with E-state index < -0.39 is 36.8 Å². The van der Waals surface area contributed by atoms with Crippen LogP contribution in [-0.2, 0) is 25.9 Å². The highest BCUT2D eigenvalue weighted by Gasteiger charge is 2.37. The number of benzene rings is 1. The van der Waals surface area contributed by atoms with Gasteiger partial charge in [-0.3, -0.25) is 0 Å². The molecule has 0 amide bonds. The van der Waals surface area contributed by atoms with Crippen LogP contribution in [0.5, 0.6) is 0 Å². The molecule has 37 heavy (non-hydrogen) atoms. The van der Waals surface area contributed by atoms with Gasteiger partial charge in [-0.15, -0.1) is 11.3 Å². The number of alkyl halides is 3. The molecule has 7 nitrogen and oxygen atoms in total. The van der Waals surface area contributed by atoms with E-state index in [2.05, 4.69) is 10.1 Å². The Hall–Kier alpha value is -3.03. The quantitative estimate of drug-likeness (QED) is 0.288. The predicted octanol–water partition coefficient (Wildman–Crippen LogP) is 5.58. The molecule has 0 saturated heterocycles. The summed E-state index contributed by atoms with van der Waals surface area (Å²) in [6.07, 6.45) is -2.64. The molecule has 3 aromatic heterocycles. The number of hydrogen-bond acceptors (Lipinski definition) is 7. The monoisotopic (exact) mass is 569 g/mol. The highest BCUT2D eigenvalue weighted by Crippen LogP contribution is 2.39. The third-order valence-electron chi connectivity index (χ3n) is 5.77. The molecule has 0 radical (unpaired) electrons. The molecule has 0 saturated carbocycles. The second-order valence-electron chi connectivity index (χ2n) is 8.29. The van der Waals surface area contributed by atoms with Crippen molar-refractivity contribution in [3.8, 4) is 26.7 Å². The minimum absolute atomic E-state index is 0.0999. The van der Waals surface area contributed by atoms with E-state index in [1.165, 1.54) is 55.5 Å². The summed E-state index contributed by atoms with van der Waals surface area (Å²) in [4.78, 5) is 4.83. The Labute approximate surface area is 216 Å². The standard InChI is InChI=1S/C24H22F3N3O4S3/c1-4-37(33,34)15(2)18-14-20(30(29-18)19-9-6-12-28-23(19)24(25,26)27)22-11-10-21(35-22)16-7-5-8-17(13-16)36(3,31)32/h5-15H,4H2,1-3H3. The van der Waals surface area contributed by atoms with Gasteiger partial charge in [0.15, 0.2) is 25.4 Å². The van der Waals surface area contributed by atoms with E-state index in [1.54, 1.807) is 24.3 Å². The van der Waals surface area contributed by atoms with Crippen LogP contribution < -0.4 is 0 Å². The van der Waals surface area contributed by atoms with Gasteiger partial charge in [0.2, 0.25) is 0 Å². The summed E-state index contributed by atoms with van der Waals surface area (Å²) in [7, 11) is -7.02. The summed E-state index contributed by atoms with van der Waals surface area (Å²) < 4.78 is 91.5. The van der Waals surface area contributed by atoms with Gasteiger partial charge in [-0.1, -0.05) is 19.1 Å². The van der Waals surface area contributed by atoms with Crippen LogP contribution >= 0.6 is 11.3 Å². The van der Waals surface area contributed by atoms with Crippen LogP contribution in [0.4, 0.5) is 13.2 Å². The molecule has 13 heteroatoms. The molecular weight excluding hydrogens is 547 g/mol. The highest BCUT2D eigenvalue weighted by molar-refractivity contribution is 7.91. The molecule has 0 fully saturated rings. The lowest BCUT2D eigenvalue weighted by Crippen LogP contribution is -2.15. The van der Waals surface area contributed by atoms with Crippen molar-refractivity contribution in [3.05, 3.63) is 72.2 Å². The van der Waals surface area contributed by atoms with Crippen LogP contribution in [0.2, 0.25) is 0 Å². The van der Waals surface area contributed by atoms with Crippen molar-refractivity contribution >= 4 is 31.0 Å². The molecule has 0 aliphatic carbocycles. The normalized spacial score (nSPS) is 13.6. The van der Waals surface area contributed by atoms with Crippen molar-refractivity contribution < 1.29 is 30.0 Å². The second kappa shape index (κ2) is 9.69. The molecule has 3 heterocycles. The predicted molar refractivity (Wildman–Crippen MR) is 136 cm³/mol. The fraction of sp³-hybridized carbons (Fsp3) is 0.250. The maximum absolute atomic E-state index is 13.8. The number of pyridine rings is 1. The van der Waals surface area contributed by atoms with Crippen molar-refractivity contribution in [1.82, 2.24) is 14.8 Å². The first-order valence-corrected chi connectivity index (χ1v) is 15.4. The van der Waals surface area contributed by atoms with Gasteiger partial charge in [-0.2, -0.15) is 18.3 Å². The fourth-order valence-corrected chi connectivity index (χ4v) is 6.34. The fourth-order valence-electron chi connectivity index (χ4n) is 3.69. The summed E-state index contributed by atoms with van der Waals surface area (Å²) in [5, 5.41) is 3.25. The van der Waals surface area contributed by atoms with Crippen LogP contribution in [0, 0.1) is 0 Å². The summed E-state index contributed by atoms with van der Waals surface area (Å²) in [5.41, 5.74) is -0.532. The van der Waals surface area contributed by atoms with Gasteiger partial charge in [0.25, 0.3) is 0 Å². The Balaban J connectivity index is 1.91. The van der Waals surface area contributed by atoms with Crippen LogP contribution in [0.3, 0.4) is 0 Å². The maximum Gasteiger partial charge on any atom is 0.435 e. The zero-order chi connectivity index (χ0) is 27.2. The van der Waals surface area contributed by atoms with E-state index >= 15 is 0 Å². The highest BCUT2D eigenvalue weighted by atomic mass is 32.2. The number of aromatic nitrogens is 3. The molecule has 0 spiro atoms. The van der Waals surface area contributed by atoms with Crippen LogP contribution in [0.25, 0.3) is 26.7 Å². The zero-order valence-corrected chi connectivity index (χ0v) is 22.3. The Morgan fingerprint density at radius 2 is 1.70 bits per heavy atom. The first-order chi connectivity index (χ1) is 17.2. The number of rotatable bonds is 7. The van der Waals surface area contributed by atoms with E-state index in [0.29, 0.717) is 15.3 Å². The minimum Gasteiger partial charge on any atom is -0.250 e. The number of thiophene rings is 1. The Bertz CT molecular complexity index is 1670. The lowest BCUT2D eigenvalue weighted by molar-refractivity contribution is -0.141. The Morgan fingerprint density at radius 1 is 1.00 bits per heavy atom. The SMILES string of the molecule is CCS(=O)(=O)C(C)c1cc(-c2ccc(-c3cccc(S(C)(=O)=O)c3)s2)n(-c2cccnc2C(F)(F)F)n1. The van der Waals surface area contributed by atoms with E-state index in [-0.39, 0.29) is 27.7 Å². The average molecular weight is 570 g/mol. The van der Waals surface area contributed by atoms with Crippen molar-refractivity contribution in [1.29, 1.82) is 0 Å². The largest absolute Gasteiger partial charge is 0.435 e. The van der Waals surface area contributed by atoms with Gasteiger partial charge < -0.3 is 0 Å². The van der Waals surface area contributed by atoms with E-state index in [1.807, 2.05) is 0 Å². The van der Waals surface area contributed by atoms with Crippen LogP contribution in [0.1, 0.15) is 30.5 Å². The Morgan fingerprint density at radius 3 is 2.35 bits per heavy atom. The molecule has 4 aromatic rings. The van der Waals surface area contributed by atoms with E-state index in [4.69, 9.17) is 0 Å². The first kappa shape index (κ1) is 27.0. The topological polar surface area (TPSA) is 99.0 Å². The first-order valence-electron chi connectivity index (χ1n) is 11.0. The molecule has 0 bridgehead atoms. The van der Waals surface area contributed by atoms with Gasteiger partial charge in [0.05, 0.1) is 26.8 Å². The van der Waals surface area contributed by atoms with Crippen molar-refractivity contribution in [2.75, 3.05) is 12.0 Å². The molecule has 1 aromatic carbocycles. The lowest BCUT2D eigenvalue weighted by atomic mass is 10.2. The van der Waals surface area contributed by atoms with Gasteiger partial charge >= 0.3 is 6.18 Å². The number of sulfone groups is 2. The molecule has 196 valence electrons. The summed E-state index contributed by atoms with van der Waals surface area (Å²) in [6, 6.07) is 13.8. The molecule has 1 unspecified atom stereocenters. The van der Waals surface area contributed by atoms with Gasteiger partial charge in [0, 0.05) is 23.1 Å². The van der Waals surface area contributed by atoms with Crippen molar-refractivity contribution in [3.63, 3.8) is 0 Å². The molecule has 0 aliphatic heterocycles. The van der Waals surface area contributed by atoms with Gasteiger partial charge in [-0.25, -0.2) is 26.5 Å². The number of halogens is 3.